The van der Waals surface area contributed by atoms with E-state index in [0.717, 1.165) is 43.8 Å². The Hall–Kier alpha value is -3.64. The first-order chi connectivity index (χ1) is 17.0. The predicted octanol–water partition coefficient (Wildman–Crippen LogP) is 4.33. The van der Waals surface area contributed by atoms with E-state index >= 15 is 0 Å². The lowest BCUT2D eigenvalue weighted by Crippen LogP contribution is -2.44. The summed E-state index contributed by atoms with van der Waals surface area (Å²) in [7, 11) is 0. The lowest BCUT2D eigenvalue weighted by Gasteiger charge is -2.32. The normalized spacial score (nSPS) is 17.9. The van der Waals surface area contributed by atoms with Gasteiger partial charge in [0.1, 0.15) is 5.75 Å². The van der Waals surface area contributed by atoms with E-state index in [1.165, 1.54) is 11.1 Å². The standard InChI is InChI=1S/C29H31N3O3/c1-20-6-4-7-21(16-20)19-32-14-12-24(13-15-32)30-28(33)23-9-5-10-25(17-23)31-29(34)27-18-22-8-2-3-11-26(22)35-27/h2-11,16-17,24,27H,12-15,18-19H2,1H3,(H,30,33)(H,31,34). The highest BCUT2D eigenvalue weighted by atomic mass is 16.5. The Kier molecular flexibility index (Phi) is 6.82. The molecule has 0 saturated carbocycles. The molecule has 6 heteroatoms. The van der Waals surface area contributed by atoms with E-state index in [4.69, 9.17) is 4.74 Å². The number of hydrogen-bond acceptors (Lipinski definition) is 4. The lowest BCUT2D eigenvalue weighted by molar-refractivity contribution is -0.122. The van der Waals surface area contributed by atoms with Gasteiger partial charge in [0.15, 0.2) is 6.10 Å². The zero-order chi connectivity index (χ0) is 24.2. The topological polar surface area (TPSA) is 70.7 Å². The van der Waals surface area contributed by atoms with E-state index in [2.05, 4.69) is 46.7 Å². The van der Waals surface area contributed by atoms with E-state index in [0.29, 0.717) is 17.7 Å². The summed E-state index contributed by atoms with van der Waals surface area (Å²) in [6.07, 6.45) is 1.83. The molecule has 0 aliphatic carbocycles. The van der Waals surface area contributed by atoms with Crippen LogP contribution in [0.4, 0.5) is 5.69 Å². The lowest BCUT2D eigenvalue weighted by atomic mass is 10.0. The molecule has 1 saturated heterocycles. The van der Waals surface area contributed by atoms with E-state index in [1.807, 2.05) is 24.3 Å². The fourth-order valence-electron chi connectivity index (χ4n) is 4.86. The van der Waals surface area contributed by atoms with Crippen molar-refractivity contribution in [1.29, 1.82) is 0 Å². The number of likely N-dealkylation sites (tertiary alicyclic amines) is 1. The van der Waals surface area contributed by atoms with Crippen LogP contribution in [-0.2, 0) is 17.8 Å². The molecule has 3 aromatic carbocycles. The summed E-state index contributed by atoms with van der Waals surface area (Å²) in [6, 6.07) is 23.6. The van der Waals surface area contributed by atoms with Crippen LogP contribution in [-0.4, -0.2) is 41.9 Å². The number of carbonyl (C=O) groups excluding carboxylic acids is 2. The largest absolute Gasteiger partial charge is 0.480 e. The number of ether oxygens (including phenoxy) is 1. The Morgan fingerprint density at radius 2 is 1.77 bits per heavy atom. The number of anilines is 1. The van der Waals surface area contributed by atoms with Gasteiger partial charge in [-0.25, -0.2) is 0 Å². The van der Waals surface area contributed by atoms with Gasteiger partial charge in [-0.05, 0) is 55.2 Å². The van der Waals surface area contributed by atoms with Gasteiger partial charge in [-0.1, -0.05) is 54.1 Å². The van der Waals surface area contributed by atoms with Crippen LogP contribution in [0, 0.1) is 6.92 Å². The molecule has 1 atom stereocenters. The summed E-state index contributed by atoms with van der Waals surface area (Å²) >= 11 is 0. The third kappa shape index (κ3) is 5.72. The second-order valence-corrected chi connectivity index (χ2v) is 9.50. The number of hydrogen-bond donors (Lipinski definition) is 2. The molecular formula is C29H31N3O3. The molecule has 6 nitrogen and oxygen atoms in total. The zero-order valence-electron chi connectivity index (χ0n) is 20.0. The van der Waals surface area contributed by atoms with Crippen molar-refractivity contribution in [3.05, 3.63) is 95.1 Å². The van der Waals surface area contributed by atoms with Crippen molar-refractivity contribution >= 4 is 17.5 Å². The van der Waals surface area contributed by atoms with Gasteiger partial charge < -0.3 is 15.4 Å². The number of fused-ring (bicyclic) bond motifs is 1. The van der Waals surface area contributed by atoms with Crippen molar-refractivity contribution < 1.29 is 14.3 Å². The van der Waals surface area contributed by atoms with Gasteiger partial charge in [0, 0.05) is 43.3 Å². The fraction of sp³-hybridized carbons (Fsp3) is 0.310. The summed E-state index contributed by atoms with van der Waals surface area (Å²) in [5.41, 5.74) is 4.78. The summed E-state index contributed by atoms with van der Waals surface area (Å²) in [5.74, 6) is 0.438. The highest BCUT2D eigenvalue weighted by Crippen LogP contribution is 2.28. The number of carbonyl (C=O) groups is 2. The molecule has 2 amide bonds. The number of benzene rings is 3. The molecule has 2 aliphatic heterocycles. The molecule has 0 spiro atoms. The highest BCUT2D eigenvalue weighted by molar-refractivity contribution is 5.98. The molecule has 2 aliphatic rings. The molecular weight excluding hydrogens is 438 g/mol. The van der Waals surface area contributed by atoms with Crippen molar-refractivity contribution in [2.45, 2.75) is 44.9 Å². The van der Waals surface area contributed by atoms with Gasteiger partial charge >= 0.3 is 0 Å². The van der Waals surface area contributed by atoms with Crippen LogP contribution < -0.4 is 15.4 Å². The first-order valence-corrected chi connectivity index (χ1v) is 12.3. The number of piperidine rings is 1. The molecule has 35 heavy (non-hydrogen) atoms. The highest BCUT2D eigenvalue weighted by Gasteiger charge is 2.29. The van der Waals surface area contributed by atoms with Crippen LogP contribution in [0.15, 0.2) is 72.8 Å². The average molecular weight is 470 g/mol. The quantitative estimate of drug-likeness (QED) is 0.564. The van der Waals surface area contributed by atoms with Gasteiger partial charge in [0.2, 0.25) is 0 Å². The summed E-state index contributed by atoms with van der Waals surface area (Å²) in [5, 5.41) is 6.07. The van der Waals surface area contributed by atoms with Crippen LogP contribution in [0.3, 0.4) is 0 Å². The minimum Gasteiger partial charge on any atom is -0.480 e. The molecule has 0 bridgehead atoms. The SMILES string of the molecule is Cc1cccc(CN2CCC(NC(=O)c3cccc(NC(=O)C4Cc5ccccc5O4)c3)CC2)c1. The van der Waals surface area contributed by atoms with Crippen molar-refractivity contribution in [3.63, 3.8) is 0 Å². The molecule has 0 aromatic heterocycles. The number of amides is 2. The number of nitrogens with one attached hydrogen (secondary N) is 2. The molecule has 2 heterocycles. The van der Waals surface area contributed by atoms with E-state index in [-0.39, 0.29) is 17.9 Å². The third-order valence-electron chi connectivity index (χ3n) is 6.74. The molecule has 0 radical (unpaired) electrons. The van der Waals surface area contributed by atoms with E-state index in [9.17, 15) is 9.59 Å². The zero-order valence-corrected chi connectivity index (χ0v) is 20.0. The Morgan fingerprint density at radius 1 is 0.971 bits per heavy atom. The predicted molar refractivity (Wildman–Crippen MR) is 137 cm³/mol. The van der Waals surface area contributed by atoms with Gasteiger partial charge in [0.05, 0.1) is 0 Å². The van der Waals surface area contributed by atoms with Crippen LogP contribution >= 0.6 is 0 Å². The van der Waals surface area contributed by atoms with Gasteiger partial charge in [0.25, 0.3) is 11.8 Å². The Morgan fingerprint density at radius 3 is 2.57 bits per heavy atom. The minimum atomic E-state index is -0.560. The molecule has 2 N–H and O–H groups in total. The number of rotatable bonds is 6. The molecule has 3 aromatic rings. The Labute approximate surface area is 206 Å². The van der Waals surface area contributed by atoms with E-state index < -0.39 is 6.10 Å². The molecule has 5 rings (SSSR count). The van der Waals surface area contributed by atoms with E-state index in [1.54, 1.807) is 24.3 Å². The smallest absolute Gasteiger partial charge is 0.265 e. The summed E-state index contributed by atoms with van der Waals surface area (Å²) in [6.45, 7) is 4.98. The molecule has 180 valence electrons. The second-order valence-electron chi connectivity index (χ2n) is 9.50. The maximum absolute atomic E-state index is 12.9. The van der Waals surface area contributed by atoms with Crippen molar-refractivity contribution in [3.8, 4) is 5.75 Å². The Balaban J connectivity index is 1.12. The third-order valence-corrected chi connectivity index (χ3v) is 6.74. The average Bonchev–Trinajstić information content (AvgIpc) is 3.30. The maximum atomic E-state index is 12.9. The first-order valence-electron chi connectivity index (χ1n) is 12.3. The monoisotopic (exact) mass is 469 g/mol. The molecule has 1 fully saturated rings. The minimum absolute atomic E-state index is 0.109. The van der Waals surface area contributed by atoms with Gasteiger partial charge in [-0.2, -0.15) is 0 Å². The van der Waals surface area contributed by atoms with Crippen molar-refractivity contribution in [2.24, 2.45) is 0 Å². The Bertz CT molecular complexity index is 1190. The van der Waals surface area contributed by atoms with Crippen LogP contribution in [0.2, 0.25) is 0 Å². The van der Waals surface area contributed by atoms with Crippen molar-refractivity contribution in [2.75, 3.05) is 18.4 Å². The summed E-state index contributed by atoms with van der Waals surface area (Å²) < 4.78 is 5.78. The number of para-hydroxylation sites is 1. The second kappa shape index (κ2) is 10.3. The van der Waals surface area contributed by atoms with Crippen molar-refractivity contribution in [1.82, 2.24) is 10.2 Å². The number of nitrogens with zero attached hydrogens (tertiary/aromatic N) is 1. The van der Waals surface area contributed by atoms with Crippen LogP contribution in [0.5, 0.6) is 5.75 Å². The van der Waals surface area contributed by atoms with Gasteiger partial charge in [-0.15, -0.1) is 0 Å². The fourth-order valence-corrected chi connectivity index (χ4v) is 4.86. The van der Waals surface area contributed by atoms with Crippen LogP contribution in [0.1, 0.15) is 39.9 Å². The maximum Gasteiger partial charge on any atom is 0.265 e. The number of aryl methyl sites for hydroxylation is 1. The first kappa shape index (κ1) is 23.1. The summed E-state index contributed by atoms with van der Waals surface area (Å²) in [4.78, 5) is 28.1. The van der Waals surface area contributed by atoms with Gasteiger partial charge in [-0.3, -0.25) is 14.5 Å². The molecule has 1 unspecified atom stereocenters. The van der Waals surface area contributed by atoms with Crippen LogP contribution in [0.25, 0.3) is 0 Å².